The van der Waals surface area contributed by atoms with Crippen molar-refractivity contribution in [3.63, 3.8) is 0 Å². The van der Waals surface area contributed by atoms with Gasteiger partial charge < -0.3 is 10.6 Å². The Balaban J connectivity index is 2.20. The van der Waals surface area contributed by atoms with Gasteiger partial charge in [-0.05, 0) is 37.8 Å². The fraction of sp³-hybridized carbons (Fsp3) is 0.538. The predicted octanol–water partition coefficient (Wildman–Crippen LogP) is 1.85. The highest BCUT2D eigenvalue weighted by molar-refractivity contribution is 5.95. The molecule has 0 unspecified atom stereocenters. The van der Waals surface area contributed by atoms with Crippen molar-refractivity contribution in [1.29, 1.82) is 0 Å². The minimum atomic E-state index is 0.0912. The molecule has 0 aromatic carbocycles. The third-order valence-electron chi connectivity index (χ3n) is 3.15. The lowest BCUT2D eigenvalue weighted by atomic mass is 10.1. The van der Waals surface area contributed by atoms with Crippen LogP contribution in [0.1, 0.15) is 42.2 Å². The number of amides is 1. The summed E-state index contributed by atoms with van der Waals surface area (Å²) in [6, 6.07) is 3.53. The van der Waals surface area contributed by atoms with Gasteiger partial charge in [-0.3, -0.25) is 4.79 Å². The third-order valence-corrected chi connectivity index (χ3v) is 3.15. The largest absolute Gasteiger partial charge is 0.384 e. The molecule has 17 heavy (non-hydrogen) atoms. The smallest absolute Gasteiger partial charge is 0.254 e. The van der Waals surface area contributed by atoms with Crippen molar-refractivity contribution in [2.45, 2.75) is 32.6 Å². The number of nitrogens with two attached hydrogens (primary N) is 1. The lowest BCUT2D eigenvalue weighted by Crippen LogP contribution is -2.35. The summed E-state index contributed by atoms with van der Waals surface area (Å²) in [5.74, 6) is 0.526. The second-order valence-electron chi connectivity index (χ2n) is 4.48. The Morgan fingerprint density at radius 1 is 1.35 bits per heavy atom. The molecule has 2 N–H and O–H groups in total. The fourth-order valence-corrected chi connectivity index (χ4v) is 2.20. The van der Waals surface area contributed by atoms with Gasteiger partial charge in [0.2, 0.25) is 0 Å². The van der Waals surface area contributed by atoms with Gasteiger partial charge in [-0.15, -0.1) is 0 Å². The second kappa shape index (κ2) is 5.17. The highest BCUT2D eigenvalue weighted by Crippen LogP contribution is 2.15. The number of pyridine rings is 1. The van der Waals surface area contributed by atoms with E-state index in [4.69, 9.17) is 5.73 Å². The van der Waals surface area contributed by atoms with Crippen molar-refractivity contribution in [3.8, 4) is 0 Å². The first-order valence-corrected chi connectivity index (χ1v) is 6.26. The van der Waals surface area contributed by atoms with Crippen molar-refractivity contribution in [3.05, 3.63) is 23.4 Å². The first-order chi connectivity index (χ1) is 8.20. The zero-order valence-corrected chi connectivity index (χ0v) is 10.3. The Morgan fingerprint density at radius 3 is 2.71 bits per heavy atom. The second-order valence-corrected chi connectivity index (χ2v) is 4.48. The average Bonchev–Trinajstić information content (AvgIpc) is 2.38. The maximum atomic E-state index is 12.3. The highest BCUT2D eigenvalue weighted by atomic mass is 16.2. The molecule has 1 saturated heterocycles. The number of hydrogen-bond acceptors (Lipinski definition) is 3. The van der Waals surface area contributed by atoms with Gasteiger partial charge in [-0.25, -0.2) is 4.98 Å². The van der Waals surface area contributed by atoms with Crippen LogP contribution >= 0.6 is 0 Å². The molecule has 2 rings (SSSR count). The first-order valence-electron chi connectivity index (χ1n) is 6.26. The molecule has 0 aliphatic carbocycles. The normalized spacial score (nSPS) is 15.9. The molecule has 4 nitrogen and oxygen atoms in total. The number of rotatable bonds is 2. The van der Waals surface area contributed by atoms with Crippen LogP contribution in [-0.2, 0) is 6.42 Å². The Labute approximate surface area is 102 Å². The average molecular weight is 233 g/mol. The number of hydrogen-bond donors (Lipinski definition) is 1. The summed E-state index contributed by atoms with van der Waals surface area (Å²) in [5, 5.41) is 0. The number of piperidine rings is 1. The SMILES string of the molecule is CCc1cc(C(=O)N2CCCCC2)cc(N)n1. The summed E-state index contributed by atoms with van der Waals surface area (Å²) >= 11 is 0. The first kappa shape index (κ1) is 11.9. The van der Waals surface area contributed by atoms with Crippen LogP contribution in [0.3, 0.4) is 0 Å². The van der Waals surface area contributed by atoms with Gasteiger partial charge in [0.1, 0.15) is 5.82 Å². The molecule has 4 heteroatoms. The van der Waals surface area contributed by atoms with Gasteiger partial charge in [-0.1, -0.05) is 6.92 Å². The van der Waals surface area contributed by atoms with Crippen LogP contribution < -0.4 is 5.73 Å². The van der Waals surface area contributed by atoms with Crippen molar-refractivity contribution < 1.29 is 4.79 Å². The molecule has 1 aliphatic heterocycles. The van der Waals surface area contributed by atoms with Crippen molar-refractivity contribution >= 4 is 11.7 Å². The summed E-state index contributed by atoms with van der Waals surface area (Å²) in [7, 11) is 0. The zero-order valence-electron chi connectivity index (χ0n) is 10.3. The van der Waals surface area contributed by atoms with Crippen LogP contribution in [0.5, 0.6) is 0 Å². The Hall–Kier alpha value is -1.58. The van der Waals surface area contributed by atoms with Crippen molar-refractivity contribution in [1.82, 2.24) is 9.88 Å². The van der Waals surface area contributed by atoms with Crippen molar-refractivity contribution in [2.24, 2.45) is 0 Å². The minimum absolute atomic E-state index is 0.0912. The number of carbonyl (C=O) groups is 1. The van der Waals surface area contributed by atoms with Crippen LogP contribution in [0.15, 0.2) is 12.1 Å². The Kier molecular flexibility index (Phi) is 3.61. The van der Waals surface area contributed by atoms with E-state index in [1.165, 1.54) is 6.42 Å². The van der Waals surface area contributed by atoms with E-state index < -0.39 is 0 Å². The number of aromatic nitrogens is 1. The van der Waals surface area contributed by atoms with Gasteiger partial charge in [0.25, 0.3) is 5.91 Å². The number of likely N-dealkylation sites (tertiary alicyclic amines) is 1. The van der Waals surface area contributed by atoms with Crippen LogP contribution in [0, 0.1) is 0 Å². The molecular weight excluding hydrogens is 214 g/mol. The number of nitrogen functional groups attached to an aromatic ring is 1. The number of carbonyl (C=O) groups excluding carboxylic acids is 1. The molecule has 0 atom stereocenters. The number of nitrogens with zero attached hydrogens (tertiary/aromatic N) is 2. The van der Waals surface area contributed by atoms with Gasteiger partial charge in [0.05, 0.1) is 0 Å². The molecule has 0 bridgehead atoms. The monoisotopic (exact) mass is 233 g/mol. The maximum Gasteiger partial charge on any atom is 0.254 e. The van der Waals surface area contributed by atoms with E-state index in [1.807, 2.05) is 17.9 Å². The van der Waals surface area contributed by atoms with Gasteiger partial charge >= 0.3 is 0 Å². The summed E-state index contributed by atoms with van der Waals surface area (Å²) in [4.78, 5) is 18.4. The zero-order chi connectivity index (χ0) is 12.3. The van der Waals surface area contributed by atoms with Crippen LogP contribution in [0.4, 0.5) is 5.82 Å². The number of anilines is 1. The molecule has 0 spiro atoms. The molecule has 0 saturated carbocycles. The summed E-state index contributed by atoms with van der Waals surface area (Å²) < 4.78 is 0. The molecule has 2 heterocycles. The lowest BCUT2D eigenvalue weighted by molar-refractivity contribution is 0.0724. The summed E-state index contributed by atoms with van der Waals surface area (Å²) in [5.41, 5.74) is 7.28. The maximum absolute atomic E-state index is 12.3. The Bertz CT molecular complexity index is 411. The Morgan fingerprint density at radius 2 is 2.06 bits per heavy atom. The van der Waals surface area contributed by atoms with E-state index in [1.54, 1.807) is 6.07 Å². The van der Waals surface area contributed by atoms with Gasteiger partial charge in [0.15, 0.2) is 0 Å². The summed E-state index contributed by atoms with van der Waals surface area (Å²) in [6.45, 7) is 3.74. The lowest BCUT2D eigenvalue weighted by Gasteiger charge is -2.26. The molecule has 1 fully saturated rings. The van der Waals surface area contributed by atoms with Gasteiger partial charge in [-0.2, -0.15) is 0 Å². The molecule has 1 amide bonds. The third kappa shape index (κ3) is 2.75. The molecule has 92 valence electrons. The van der Waals surface area contributed by atoms with E-state index in [0.29, 0.717) is 11.4 Å². The molecule has 1 aromatic rings. The molecule has 1 aliphatic rings. The van der Waals surface area contributed by atoms with Gasteiger partial charge in [0, 0.05) is 24.3 Å². The number of aryl methyl sites for hydroxylation is 1. The molecular formula is C13H19N3O. The van der Waals surface area contributed by atoms with E-state index in [2.05, 4.69) is 4.98 Å². The van der Waals surface area contributed by atoms with E-state index in [0.717, 1.165) is 38.0 Å². The molecule has 0 radical (unpaired) electrons. The van der Waals surface area contributed by atoms with E-state index in [-0.39, 0.29) is 5.91 Å². The van der Waals surface area contributed by atoms with E-state index in [9.17, 15) is 4.79 Å². The van der Waals surface area contributed by atoms with Crippen LogP contribution in [0.2, 0.25) is 0 Å². The van der Waals surface area contributed by atoms with E-state index >= 15 is 0 Å². The standard InChI is InChI=1S/C13H19N3O/c1-2-11-8-10(9-12(14)15-11)13(17)16-6-4-3-5-7-16/h8-9H,2-7H2,1H3,(H2,14,15). The fourth-order valence-electron chi connectivity index (χ4n) is 2.20. The highest BCUT2D eigenvalue weighted by Gasteiger charge is 2.18. The molecule has 1 aromatic heterocycles. The van der Waals surface area contributed by atoms with Crippen molar-refractivity contribution in [2.75, 3.05) is 18.8 Å². The topological polar surface area (TPSA) is 59.2 Å². The van der Waals surface area contributed by atoms with Crippen LogP contribution in [0.25, 0.3) is 0 Å². The minimum Gasteiger partial charge on any atom is -0.384 e. The predicted molar refractivity (Wildman–Crippen MR) is 67.8 cm³/mol. The van der Waals surface area contributed by atoms with Crippen LogP contribution in [-0.4, -0.2) is 28.9 Å². The summed E-state index contributed by atoms with van der Waals surface area (Å²) in [6.07, 6.45) is 4.23. The quantitative estimate of drug-likeness (QED) is 0.848.